The molecule has 0 saturated heterocycles. The molecule has 0 saturated carbocycles. The van der Waals surface area contributed by atoms with Crippen LogP contribution in [0, 0.1) is 0 Å². The largest absolute Gasteiger partial charge is 0.494 e. The molecule has 3 rings (SSSR count). The predicted octanol–water partition coefficient (Wildman–Crippen LogP) is 5.83. The zero-order chi connectivity index (χ0) is 18.6. The molecule has 3 aromatic rings. The standard InChI is InChI=1S/C24H29NO/c1-5-26-23-15-12-19-8-6-7-9-21(19)22(23)17-25-16-18-10-13-20(14-11-18)24(2,3)4/h6-15,25H,5,16-17H2,1-4H3. The van der Waals surface area contributed by atoms with Gasteiger partial charge in [0.05, 0.1) is 6.61 Å². The van der Waals surface area contributed by atoms with Crippen molar-refractivity contribution in [3.05, 3.63) is 77.4 Å². The molecule has 136 valence electrons. The monoisotopic (exact) mass is 347 g/mol. The van der Waals surface area contributed by atoms with Crippen molar-refractivity contribution in [1.29, 1.82) is 0 Å². The summed E-state index contributed by atoms with van der Waals surface area (Å²) < 4.78 is 5.86. The Hall–Kier alpha value is -2.32. The van der Waals surface area contributed by atoms with Gasteiger partial charge in [0.25, 0.3) is 0 Å². The molecule has 0 amide bonds. The van der Waals surface area contributed by atoms with Crippen LogP contribution in [0.5, 0.6) is 5.75 Å². The number of nitrogens with one attached hydrogen (secondary N) is 1. The van der Waals surface area contributed by atoms with Gasteiger partial charge in [-0.3, -0.25) is 0 Å². The second-order valence-corrected chi connectivity index (χ2v) is 7.75. The summed E-state index contributed by atoms with van der Waals surface area (Å²) in [6.45, 7) is 11.1. The van der Waals surface area contributed by atoms with Crippen molar-refractivity contribution in [2.75, 3.05) is 6.61 Å². The molecule has 0 fully saturated rings. The minimum atomic E-state index is 0.196. The summed E-state index contributed by atoms with van der Waals surface area (Å²) in [7, 11) is 0. The molecule has 0 aliphatic carbocycles. The van der Waals surface area contributed by atoms with Gasteiger partial charge in [-0.25, -0.2) is 0 Å². The van der Waals surface area contributed by atoms with E-state index in [1.54, 1.807) is 0 Å². The van der Waals surface area contributed by atoms with Crippen molar-refractivity contribution in [2.24, 2.45) is 0 Å². The molecule has 0 heterocycles. The SMILES string of the molecule is CCOc1ccc2ccccc2c1CNCc1ccc(C(C)(C)C)cc1. The van der Waals surface area contributed by atoms with Gasteiger partial charge in [0.15, 0.2) is 0 Å². The maximum Gasteiger partial charge on any atom is 0.124 e. The summed E-state index contributed by atoms with van der Waals surface area (Å²) in [4.78, 5) is 0. The van der Waals surface area contributed by atoms with Gasteiger partial charge in [-0.05, 0) is 40.3 Å². The van der Waals surface area contributed by atoms with Crippen molar-refractivity contribution < 1.29 is 4.74 Å². The zero-order valence-corrected chi connectivity index (χ0v) is 16.3. The number of hydrogen-bond donors (Lipinski definition) is 1. The second kappa shape index (κ2) is 7.92. The maximum atomic E-state index is 5.86. The predicted molar refractivity (Wildman–Crippen MR) is 111 cm³/mol. The van der Waals surface area contributed by atoms with Crippen molar-refractivity contribution in [3.63, 3.8) is 0 Å². The lowest BCUT2D eigenvalue weighted by Gasteiger charge is -2.19. The van der Waals surface area contributed by atoms with Crippen LogP contribution < -0.4 is 10.1 Å². The van der Waals surface area contributed by atoms with Gasteiger partial charge in [-0.1, -0.05) is 75.4 Å². The van der Waals surface area contributed by atoms with Crippen LogP contribution in [0.2, 0.25) is 0 Å². The van der Waals surface area contributed by atoms with Crippen LogP contribution in [-0.2, 0) is 18.5 Å². The van der Waals surface area contributed by atoms with E-state index in [1.807, 2.05) is 6.92 Å². The van der Waals surface area contributed by atoms with E-state index in [-0.39, 0.29) is 5.41 Å². The fraction of sp³-hybridized carbons (Fsp3) is 0.333. The topological polar surface area (TPSA) is 21.3 Å². The number of hydrogen-bond acceptors (Lipinski definition) is 2. The molecule has 0 unspecified atom stereocenters. The maximum absolute atomic E-state index is 5.86. The van der Waals surface area contributed by atoms with Crippen LogP contribution in [0.3, 0.4) is 0 Å². The van der Waals surface area contributed by atoms with Gasteiger partial charge in [-0.2, -0.15) is 0 Å². The van der Waals surface area contributed by atoms with E-state index in [2.05, 4.69) is 86.8 Å². The molecule has 0 aliphatic rings. The highest BCUT2D eigenvalue weighted by molar-refractivity contribution is 5.87. The van der Waals surface area contributed by atoms with E-state index in [1.165, 1.54) is 27.5 Å². The van der Waals surface area contributed by atoms with Crippen molar-refractivity contribution in [3.8, 4) is 5.75 Å². The molecule has 26 heavy (non-hydrogen) atoms. The molecule has 1 N–H and O–H groups in total. The number of benzene rings is 3. The minimum Gasteiger partial charge on any atom is -0.494 e. The summed E-state index contributed by atoms with van der Waals surface area (Å²) >= 11 is 0. The first-order chi connectivity index (χ1) is 12.5. The van der Waals surface area contributed by atoms with Gasteiger partial charge >= 0.3 is 0 Å². The Morgan fingerprint density at radius 2 is 1.58 bits per heavy atom. The highest BCUT2D eigenvalue weighted by atomic mass is 16.5. The Morgan fingerprint density at radius 1 is 0.846 bits per heavy atom. The van der Waals surface area contributed by atoms with Crippen molar-refractivity contribution >= 4 is 10.8 Å². The Morgan fingerprint density at radius 3 is 2.27 bits per heavy atom. The molecule has 0 aromatic heterocycles. The Labute approximate surface area is 157 Å². The third-order valence-corrected chi connectivity index (χ3v) is 4.75. The lowest BCUT2D eigenvalue weighted by atomic mass is 9.87. The minimum absolute atomic E-state index is 0.196. The lowest BCUT2D eigenvalue weighted by molar-refractivity contribution is 0.336. The molecule has 0 atom stereocenters. The first-order valence-corrected chi connectivity index (χ1v) is 9.42. The van der Waals surface area contributed by atoms with E-state index >= 15 is 0 Å². The number of ether oxygens (including phenoxy) is 1. The average molecular weight is 348 g/mol. The first kappa shape index (κ1) is 18.5. The van der Waals surface area contributed by atoms with Crippen LogP contribution in [0.25, 0.3) is 10.8 Å². The summed E-state index contributed by atoms with van der Waals surface area (Å²) in [6.07, 6.45) is 0. The quantitative estimate of drug-likeness (QED) is 0.606. The van der Waals surface area contributed by atoms with E-state index < -0.39 is 0 Å². The molecule has 2 nitrogen and oxygen atoms in total. The molecule has 0 spiro atoms. The van der Waals surface area contributed by atoms with Gasteiger partial charge in [0.1, 0.15) is 5.75 Å². The third-order valence-electron chi connectivity index (χ3n) is 4.75. The van der Waals surface area contributed by atoms with E-state index in [0.29, 0.717) is 6.61 Å². The van der Waals surface area contributed by atoms with Gasteiger partial charge in [-0.15, -0.1) is 0 Å². The van der Waals surface area contributed by atoms with E-state index in [4.69, 9.17) is 4.74 Å². The average Bonchev–Trinajstić information content (AvgIpc) is 2.63. The molecular formula is C24H29NO. The fourth-order valence-electron chi connectivity index (χ4n) is 3.24. The van der Waals surface area contributed by atoms with Crippen LogP contribution in [-0.4, -0.2) is 6.61 Å². The van der Waals surface area contributed by atoms with Crippen LogP contribution in [0.4, 0.5) is 0 Å². The first-order valence-electron chi connectivity index (χ1n) is 9.42. The van der Waals surface area contributed by atoms with Crippen molar-refractivity contribution in [2.45, 2.75) is 46.2 Å². The normalized spacial score (nSPS) is 11.7. The summed E-state index contributed by atoms with van der Waals surface area (Å²) in [5, 5.41) is 6.10. The molecule has 3 aromatic carbocycles. The highest BCUT2D eigenvalue weighted by Crippen LogP contribution is 2.28. The summed E-state index contributed by atoms with van der Waals surface area (Å²) in [5.41, 5.74) is 4.10. The third kappa shape index (κ3) is 4.25. The van der Waals surface area contributed by atoms with Crippen LogP contribution in [0.1, 0.15) is 44.4 Å². The summed E-state index contributed by atoms with van der Waals surface area (Å²) in [6, 6.07) is 21.6. The highest BCUT2D eigenvalue weighted by Gasteiger charge is 2.13. The molecule has 2 heteroatoms. The molecule has 0 aliphatic heterocycles. The smallest absolute Gasteiger partial charge is 0.124 e. The second-order valence-electron chi connectivity index (χ2n) is 7.75. The fourth-order valence-corrected chi connectivity index (χ4v) is 3.24. The number of fused-ring (bicyclic) bond motifs is 1. The van der Waals surface area contributed by atoms with Gasteiger partial charge in [0, 0.05) is 18.7 Å². The van der Waals surface area contributed by atoms with Gasteiger partial charge < -0.3 is 10.1 Å². The van der Waals surface area contributed by atoms with E-state index in [9.17, 15) is 0 Å². The van der Waals surface area contributed by atoms with Crippen molar-refractivity contribution in [1.82, 2.24) is 5.32 Å². The molecule has 0 bridgehead atoms. The lowest BCUT2D eigenvalue weighted by Crippen LogP contribution is -2.15. The van der Waals surface area contributed by atoms with E-state index in [0.717, 1.165) is 18.8 Å². The van der Waals surface area contributed by atoms with Gasteiger partial charge in [0.2, 0.25) is 0 Å². The summed E-state index contributed by atoms with van der Waals surface area (Å²) in [5.74, 6) is 0.974. The Bertz CT molecular complexity index is 860. The Kier molecular flexibility index (Phi) is 5.63. The number of rotatable bonds is 6. The van der Waals surface area contributed by atoms with Crippen LogP contribution >= 0.6 is 0 Å². The van der Waals surface area contributed by atoms with Crippen LogP contribution in [0.15, 0.2) is 60.7 Å². The zero-order valence-electron chi connectivity index (χ0n) is 16.3. The Balaban J connectivity index is 1.74. The molecule has 0 radical (unpaired) electrons. The molecular weight excluding hydrogens is 318 g/mol.